The van der Waals surface area contributed by atoms with E-state index < -0.39 is 0 Å². The first-order valence-electron chi connectivity index (χ1n) is 6.76. The first kappa shape index (κ1) is 12.2. The van der Waals surface area contributed by atoms with Crippen LogP contribution in [0.15, 0.2) is 64.2 Å². The van der Waals surface area contributed by atoms with Crippen molar-refractivity contribution in [3.63, 3.8) is 0 Å². The molecule has 3 nitrogen and oxygen atoms in total. The molecule has 0 heterocycles. The summed E-state index contributed by atoms with van der Waals surface area (Å²) in [6.07, 6.45) is 17.1. The Kier molecular flexibility index (Phi) is 3.22. The summed E-state index contributed by atoms with van der Waals surface area (Å²) in [7, 11) is 1.92. The highest BCUT2D eigenvalue weighted by Gasteiger charge is 2.24. The fraction of sp³-hybridized carbons (Fsp3) is 0.312. The lowest BCUT2D eigenvalue weighted by molar-refractivity contribution is 0.635. The molecule has 0 saturated heterocycles. The van der Waals surface area contributed by atoms with E-state index in [-0.39, 0.29) is 6.17 Å². The second-order valence-corrected chi connectivity index (χ2v) is 5.07. The van der Waals surface area contributed by atoms with Gasteiger partial charge in [-0.1, -0.05) is 36.5 Å². The second-order valence-electron chi connectivity index (χ2n) is 5.07. The van der Waals surface area contributed by atoms with E-state index in [4.69, 9.17) is 5.73 Å². The van der Waals surface area contributed by atoms with Crippen LogP contribution in [0.5, 0.6) is 0 Å². The maximum absolute atomic E-state index is 6.13. The van der Waals surface area contributed by atoms with Gasteiger partial charge in [-0.2, -0.15) is 0 Å². The third-order valence-electron chi connectivity index (χ3n) is 3.69. The zero-order chi connectivity index (χ0) is 13.2. The summed E-state index contributed by atoms with van der Waals surface area (Å²) in [4.78, 5) is 4.63. The van der Waals surface area contributed by atoms with Gasteiger partial charge < -0.3 is 5.73 Å². The van der Waals surface area contributed by atoms with Gasteiger partial charge in [0.05, 0.1) is 0 Å². The summed E-state index contributed by atoms with van der Waals surface area (Å²) < 4.78 is 0. The van der Waals surface area contributed by atoms with Gasteiger partial charge in [0, 0.05) is 11.5 Å². The number of nitrogens with one attached hydrogen (secondary N) is 1. The molecule has 3 aliphatic rings. The van der Waals surface area contributed by atoms with Gasteiger partial charge in [-0.3, -0.25) is 5.32 Å². The topological polar surface area (TPSA) is 50.4 Å². The van der Waals surface area contributed by atoms with Gasteiger partial charge in [0.1, 0.15) is 12.0 Å². The van der Waals surface area contributed by atoms with Crippen molar-refractivity contribution in [2.45, 2.75) is 19.0 Å². The van der Waals surface area contributed by atoms with Gasteiger partial charge in [0.15, 0.2) is 0 Å². The molecule has 0 saturated carbocycles. The molecule has 3 aliphatic carbocycles. The standard InChI is InChI=1S/C16H19N3/c1-18-16(11-5-3-2-4-6-11)19-15(17)13-8-7-12-9-14(12)10-13/h2-3,5,7-10,12,16,18H,4,6H2,1H3,(H2,17,19). The number of allylic oxidation sites excluding steroid dienone is 7. The van der Waals surface area contributed by atoms with Crippen molar-refractivity contribution >= 4 is 5.84 Å². The summed E-state index contributed by atoms with van der Waals surface area (Å²) >= 11 is 0. The van der Waals surface area contributed by atoms with Crippen molar-refractivity contribution in [2.75, 3.05) is 7.05 Å². The van der Waals surface area contributed by atoms with Gasteiger partial charge in [0.25, 0.3) is 0 Å². The van der Waals surface area contributed by atoms with Crippen molar-refractivity contribution < 1.29 is 0 Å². The van der Waals surface area contributed by atoms with Crippen LogP contribution in [0.25, 0.3) is 0 Å². The molecule has 3 rings (SSSR count). The predicted molar refractivity (Wildman–Crippen MR) is 79.7 cm³/mol. The number of nitrogens with two attached hydrogens (primary N) is 1. The summed E-state index contributed by atoms with van der Waals surface area (Å²) in [6.45, 7) is 0. The van der Waals surface area contributed by atoms with E-state index >= 15 is 0 Å². The number of nitrogens with zero attached hydrogens (tertiary/aromatic N) is 1. The van der Waals surface area contributed by atoms with Crippen LogP contribution < -0.4 is 11.1 Å². The first-order chi connectivity index (χ1) is 9.28. The number of hydrogen-bond donors (Lipinski definition) is 2. The van der Waals surface area contributed by atoms with Gasteiger partial charge in [-0.05, 0) is 37.1 Å². The zero-order valence-electron chi connectivity index (χ0n) is 11.1. The van der Waals surface area contributed by atoms with E-state index in [1.54, 1.807) is 0 Å². The summed E-state index contributed by atoms with van der Waals surface area (Å²) in [5.74, 6) is 1.17. The highest BCUT2D eigenvalue weighted by molar-refractivity contribution is 6.01. The first-order valence-corrected chi connectivity index (χ1v) is 6.76. The van der Waals surface area contributed by atoms with Crippen LogP contribution in [0.2, 0.25) is 0 Å². The van der Waals surface area contributed by atoms with Gasteiger partial charge >= 0.3 is 0 Å². The van der Waals surface area contributed by atoms with Gasteiger partial charge in [-0.25, -0.2) is 4.99 Å². The molecular formula is C16H19N3. The molecule has 0 amide bonds. The van der Waals surface area contributed by atoms with Crippen LogP contribution in [0.4, 0.5) is 0 Å². The molecular weight excluding hydrogens is 234 g/mol. The average Bonchev–Trinajstić information content (AvgIpc) is 3.23. The molecule has 0 aliphatic heterocycles. The molecule has 3 heteroatoms. The summed E-state index contributed by atoms with van der Waals surface area (Å²) in [6, 6.07) is 0. The molecule has 0 spiro atoms. The summed E-state index contributed by atoms with van der Waals surface area (Å²) in [5, 5.41) is 3.23. The fourth-order valence-electron chi connectivity index (χ4n) is 2.46. The van der Waals surface area contributed by atoms with E-state index in [0.717, 1.165) is 18.4 Å². The molecule has 0 radical (unpaired) electrons. The Hall–Kier alpha value is -1.87. The monoisotopic (exact) mass is 253 g/mol. The number of amidine groups is 1. The Labute approximate surface area is 114 Å². The van der Waals surface area contributed by atoms with Crippen LogP contribution in [0, 0.1) is 5.92 Å². The van der Waals surface area contributed by atoms with Crippen molar-refractivity contribution in [2.24, 2.45) is 16.6 Å². The van der Waals surface area contributed by atoms with E-state index in [9.17, 15) is 0 Å². The Morgan fingerprint density at radius 2 is 2.42 bits per heavy atom. The van der Waals surface area contributed by atoms with Gasteiger partial charge in [-0.15, -0.1) is 0 Å². The predicted octanol–water partition coefficient (Wildman–Crippen LogP) is 2.22. The fourth-order valence-corrected chi connectivity index (χ4v) is 2.46. The number of likely N-dealkylation sites (N-methyl/N-ethyl adjacent to an activating group) is 1. The normalized spacial score (nSPS) is 26.3. The maximum atomic E-state index is 6.13. The molecule has 3 N–H and O–H groups in total. The van der Waals surface area contributed by atoms with Crippen molar-refractivity contribution in [3.05, 3.63) is 59.3 Å². The van der Waals surface area contributed by atoms with Crippen LogP contribution in [-0.2, 0) is 0 Å². The minimum absolute atomic E-state index is 0.0230. The van der Waals surface area contributed by atoms with E-state index in [0.29, 0.717) is 11.8 Å². The molecule has 2 atom stereocenters. The number of hydrogen-bond acceptors (Lipinski definition) is 2. The number of rotatable bonds is 4. The molecule has 0 aromatic heterocycles. The maximum Gasteiger partial charge on any atom is 0.127 e. The van der Waals surface area contributed by atoms with Gasteiger partial charge in [0.2, 0.25) is 0 Å². The SMILES string of the molecule is CNC(N=C(N)C1=CC2=CC2C=C1)C1=CC=CCC1. The Balaban J connectivity index is 1.78. The average molecular weight is 253 g/mol. The molecule has 0 aromatic carbocycles. The van der Waals surface area contributed by atoms with Crippen molar-refractivity contribution in [1.82, 2.24) is 5.32 Å². The Bertz CT molecular complexity index is 559. The van der Waals surface area contributed by atoms with E-state index in [1.807, 2.05) is 7.05 Å². The third kappa shape index (κ3) is 2.61. The minimum Gasteiger partial charge on any atom is -0.383 e. The third-order valence-corrected chi connectivity index (χ3v) is 3.69. The second kappa shape index (κ2) is 5.02. The smallest absolute Gasteiger partial charge is 0.127 e. The highest BCUT2D eigenvalue weighted by atomic mass is 15.1. The molecule has 0 bridgehead atoms. The van der Waals surface area contributed by atoms with Crippen LogP contribution in [0.3, 0.4) is 0 Å². The lowest BCUT2D eigenvalue weighted by Gasteiger charge is -2.18. The minimum atomic E-state index is -0.0230. The largest absolute Gasteiger partial charge is 0.383 e. The zero-order valence-corrected chi connectivity index (χ0v) is 11.1. The van der Waals surface area contributed by atoms with E-state index in [1.165, 1.54) is 11.1 Å². The highest BCUT2D eigenvalue weighted by Crippen LogP contribution is 2.35. The lowest BCUT2D eigenvalue weighted by atomic mass is 10.0. The van der Waals surface area contributed by atoms with Crippen LogP contribution >= 0.6 is 0 Å². The molecule has 0 aromatic rings. The summed E-state index contributed by atoms with van der Waals surface area (Å²) in [5.41, 5.74) is 9.80. The Morgan fingerprint density at radius 3 is 3.11 bits per heavy atom. The molecule has 2 unspecified atom stereocenters. The lowest BCUT2D eigenvalue weighted by Crippen LogP contribution is -2.29. The number of aliphatic imine (C=N–C) groups is 1. The van der Waals surface area contributed by atoms with Crippen molar-refractivity contribution in [1.29, 1.82) is 0 Å². The van der Waals surface area contributed by atoms with E-state index in [2.05, 4.69) is 52.8 Å². The Morgan fingerprint density at radius 1 is 1.53 bits per heavy atom. The quantitative estimate of drug-likeness (QED) is 0.596. The van der Waals surface area contributed by atoms with Crippen molar-refractivity contribution in [3.8, 4) is 0 Å². The van der Waals surface area contributed by atoms with Crippen LogP contribution in [-0.4, -0.2) is 19.0 Å². The molecule has 19 heavy (non-hydrogen) atoms. The van der Waals surface area contributed by atoms with Crippen LogP contribution in [0.1, 0.15) is 12.8 Å². The number of fused-ring (bicyclic) bond motifs is 1. The molecule has 0 fully saturated rings. The molecule has 98 valence electrons.